The molecule has 3 heterocycles. The van der Waals surface area contributed by atoms with Crippen LogP contribution in [-0.2, 0) is 0 Å². The van der Waals surface area contributed by atoms with Crippen molar-refractivity contribution >= 4 is 22.5 Å². The summed E-state index contributed by atoms with van der Waals surface area (Å²) in [6, 6.07) is 23.0. The molecule has 5 rings (SSSR count). The van der Waals surface area contributed by atoms with E-state index in [9.17, 15) is 4.39 Å². The Kier molecular flexibility index (Phi) is 4.56. The molecule has 0 saturated carbocycles. The van der Waals surface area contributed by atoms with E-state index in [1.807, 2.05) is 54.7 Å². The number of hydrogen-bond donors (Lipinski definition) is 0. The first-order valence-electron chi connectivity index (χ1n) is 9.84. The van der Waals surface area contributed by atoms with Crippen LogP contribution in [0.25, 0.3) is 22.0 Å². The molecule has 0 radical (unpaired) electrons. The van der Waals surface area contributed by atoms with Crippen LogP contribution in [0.5, 0.6) is 0 Å². The second kappa shape index (κ2) is 7.51. The van der Waals surface area contributed by atoms with Gasteiger partial charge in [-0.15, -0.1) is 0 Å². The fourth-order valence-corrected chi connectivity index (χ4v) is 3.88. The highest BCUT2D eigenvalue weighted by Gasteiger charge is 2.22. The van der Waals surface area contributed by atoms with Gasteiger partial charge in [-0.05, 0) is 42.0 Å². The van der Waals surface area contributed by atoms with Gasteiger partial charge >= 0.3 is 0 Å². The molecule has 2 aromatic carbocycles. The highest BCUT2D eigenvalue weighted by atomic mass is 19.1. The predicted molar refractivity (Wildman–Crippen MR) is 116 cm³/mol. The highest BCUT2D eigenvalue weighted by molar-refractivity contribution is 5.89. The molecule has 1 aliphatic rings. The lowest BCUT2D eigenvalue weighted by Crippen LogP contribution is -2.47. The van der Waals surface area contributed by atoms with Crippen LogP contribution >= 0.6 is 0 Å². The van der Waals surface area contributed by atoms with E-state index in [4.69, 9.17) is 4.98 Å². The van der Waals surface area contributed by atoms with Crippen LogP contribution in [-0.4, -0.2) is 36.1 Å². The van der Waals surface area contributed by atoms with Crippen LogP contribution in [0.4, 0.5) is 16.0 Å². The van der Waals surface area contributed by atoms with Crippen molar-refractivity contribution in [2.75, 3.05) is 36.0 Å². The van der Waals surface area contributed by atoms with Crippen molar-refractivity contribution in [3.05, 3.63) is 84.8 Å². The maximum Gasteiger partial charge on any atom is 0.137 e. The number of halogens is 1. The van der Waals surface area contributed by atoms with Gasteiger partial charge in [0.05, 0.1) is 5.52 Å². The van der Waals surface area contributed by atoms with Gasteiger partial charge in [-0.1, -0.05) is 36.4 Å². The number of rotatable bonds is 3. The number of aromatic nitrogens is 2. The molecule has 0 N–H and O–H groups in total. The van der Waals surface area contributed by atoms with Gasteiger partial charge in [-0.3, -0.25) is 0 Å². The minimum Gasteiger partial charge on any atom is -0.353 e. The van der Waals surface area contributed by atoms with Crippen LogP contribution < -0.4 is 9.80 Å². The number of fused-ring (bicyclic) bond motifs is 1. The summed E-state index contributed by atoms with van der Waals surface area (Å²) in [5, 5.41) is 1.09. The summed E-state index contributed by atoms with van der Waals surface area (Å²) >= 11 is 0. The van der Waals surface area contributed by atoms with Gasteiger partial charge in [0.15, 0.2) is 0 Å². The summed E-state index contributed by atoms with van der Waals surface area (Å²) in [5.74, 6) is 1.74. The van der Waals surface area contributed by atoms with Gasteiger partial charge in [-0.25, -0.2) is 14.4 Å². The summed E-state index contributed by atoms with van der Waals surface area (Å²) in [7, 11) is 0. The average Bonchev–Trinajstić information content (AvgIpc) is 2.79. The van der Waals surface area contributed by atoms with Gasteiger partial charge in [0.25, 0.3) is 0 Å². The molecule has 1 aliphatic heterocycles. The Hall–Kier alpha value is -3.47. The SMILES string of the molecule is Fc1ccc(-c2cc3ccccc3nc2N2CCN(c3ccccn3)CC2)cc1. The van der Waals surface area contributed by atoms with E-state index in [0.29, 0.717) is 0 Å². The Morgan fingerprint density at radius 1 is 0.759 bits per heavy atom. The molecular formula is C24H21FN4. The summed E-state index contributed by atoms with van der Waals surface area (Å²) in [5.41, 5.74) is 2.99. The zero-order chi connectivity index (χ0) is 19.6. The number of para-hydroxylation sites is 1. The van der Waals surface area contributed by atoms with E-state index in [1.54, 1.807) is 0 Å². The van der Waals surface area contributed by atoms with E-state index < -0.39 is 0 Å². The first kappa shape index (κ1) is 17.6. The lowest BCUT2D eigenvalue weighted by Gasteiger charge is -2.37. The minimum atomic E-state index is -0.229. The van der Waals surface area contributed by atoms with Crippen molar-refractivity contribution in [2.24, 2.45) is 0 Å². The number of pyridine rings is 2. The summed E-state index contributed by atoms with van der Waals surface area (Å²) in [6.07, 6.45) is 1.83. The van der Waals surface area contributed by atoms with Crippen molar-refractivity contribution < 1.29 is 4.39 Å². The lowest BCUT2D eigenvalue weighted by atomic mass is 10.0. The molecule has 4 nitrogen and oxygen atoms in total. The Morgan fingerprint density at radius 3 is 2.24 bits per heavy atom. The zero-order valence-electron chi connectivity index (χ0n) is 16.0. The van der Waals surface area contributed by atoms with Crippen LogP contribution in [0.15, 0.2) is 79.0 Å². The predicted octanol–water partition coefficient (Wildman–Crippen LogP) is 4.76. The third kappa shape index (κ3) is 3.51. The molecular weight excluding hydrogens is 363 g/mol. The smallest absolute Gasteiger partial charge is 0.137 e. The Morgan fingerprint density at radius 2 is 1.48 bits per heavy atom. The Balaban J connectivity index is 1.50. The van der Waals surface area contributed by atoms with E-state index in [0.717, 1.165) is 59.8 Å². The van der Waals surface area contributed by atoms with Crippen LogP contribution in [0.2, 0.25) is 0 Å². The van der Waals surface area contributed by atoms with E-state index in [2.05, 4.69) is 26.9 Å². The molecule has 4 aromatic rings. The first-order chi connectivity index (χ1) is 14.3. The normalized spacial score (nSPS) is 14.4. The molecule has 0 spiro atoms. The molecule has 1 fully saturated rings. The maximum absolute atomic E-state index is 13.5. The van der Waals surface area contributed by atoms with Crippen molar-refractivity contribution in [3.63, 3.8) is 0 Å². The summed E-state index contributed by atoms with van der Waals surface area (Å²) in [6.45, 7) is 3.48. The third-order valence-electron chi connectivity index (χ3n) is 5.41. The van der Waals surface area contributed by atoms with E-state index >= 15 is 0 Å². The summed E-state index contributed by atoms with van der Waals surface area (Å²) < 4.78 is 13.5. The molecule has 144 valence electrons. The molecule has 0 atom stereocenters. The molecule has 0 bridgehead atoms. The van der Waals surface area contributed by atoms with Crippen molar-refractivity contribution in [3.8, 4) is 11.1 Å². The number of nitrogens with zero attached hydrogens (tertiary/aromatic N) is 4. The van der Waals surface area contributed by atoms with Crippen LogP contribution in [0, 0.1) is 5.82 Å². The van der Waals surface area contributed by atoms with Crippen molar-refractivity contribution in [1.29, 1.82) is 0 Å². The number of hydrogen-bond acceptors (Lipinski definition) is 4. The second-order valence-electron chi connectivity index (χ2n) is 7.22. The highest BCUT2D eigenvalue weighted by Crippen LogP contribution is 2.33. The fourth-order valence-electron chi connectivity index (χ4n) is 3.88. The van der Waals surface area contributed by atoms with Gasteiger partial charge in [0.2, 0.25) is 0 Å². The van der Waals surface area contributed by atoms with Crippen molar-refractivity contribution in [1.82, 2.24) is 9.97 Å². The molecule has 0 aliphatic carbocycles. The first-order valence-corrected chi connectivity index (χ1v) is 9.84. The Labute approximate surface area is 169 Å². The fraction of sp³-hybridized carbons (Fsp3) is 0.167. The van der Waals surface area contributed by atoms with Crippen LogP contribution in [0.1, 0.15) is 0 Å². The lowest BCUT2D eigenvalue weighted by molar-refractivity contribution is 0.628. The molecule has 5 heteroatoms. The molecule has 2 aromatic heterocycles. The van der Waals surface area contributed by atoms with Gasteiger partial charge in [-0.2, -0.15) is 0 Å². The second-order valence-corrected chi connectivity index (χ2v) is 7.22. The van der Waals surface area contributed by atoms with E-state index in [1.165, 1.54) is 12.1 Å². The number of piperazine rings is 1. The average molecular weight is 384 g/mol. The standard InChI is InChI=1S/C24H21FN4/c25-20-10-8-18(9-11-20)21-17-19-5-1-2-6-22(19)27-24(21)29-15-13-28(14-16-29)23-7-3-4-12-26-23/h1-12,17H,13-16H2. The minimum absolute atomic E-state index is 0.229. The summed E-state index contributed by atoms with van der Waals surface area (Å²) in [4.78, 5) is 14.1. The quantitative estimate of drug-likeness (QED) is 0.510. The zero-order valence-corrected chi connectivity index (χ0v) is 16.0. The topological polar surface area (TPSA) is 32.3 Å². The number of benzene rings is 2. The number of anilines is 2. The monoisotopic (exact) mass is 384 g/mol. The largest absolute Gasteiger partial charge is 0.353 e. The molecule has 29 heavy (non-hydrogen) atoms. The van der Waals surface area contributed by atoms with Gasteiger partial charge < -0.3 is 9.80 Å². The van der Waals surface area contributed by atoms with Crippen LogP contribution in [0.3, 0.4) is 0 Å². The molecule has 0 amide bonds. The molecule has 1 saturated heterocycles. The maximum atomic E-state index is 13.5. The van der Waals surface area contributed by atoms with Gasteiger partial charge in [0.1, 0.15) is 17.5 Å². The van der Waals surface area contributed by atoms with E-state index in [-0.39, 0.29) is 5.82 Å². The third-order valence-corrected chi connectivity index (χ3v) is 5.41. The van der Waals surface area contributed by atoms with Crippen molar-refractivity contribution in [2.45, 2.75) is 0 Å². The Bertz CT molecular complexity index is 1120. The van der Waals surface area contributed by atoms with Gasteiger partial charge in [0, 0.05) is 43.3 Å². The molecule has 0 unspecified atom stereocenters.